The average Bonchev–Trinajstić information content (AvgIpc) is 2.42. The van der Waals surface area contributed by atoms with Gasteiger partial charge in [0.15, 0.2) is 5.78 Å². The number of hydrogen-bond acceptors (Lipinski definition) is 4. The Morgan fingerprint density at radius 2 is 2.00 bits per heavy atom. The van der Waals surface area contributed by atoms with E-state index in [9.17, 15) is 4.79 Å². The lowest BCUT2D eigenvalue weighted by molar-refractivity contribution is 0.0951. The van der Waals surface area contributed by atoms with E-state index in [1.54, 1.807) is 6.20 Å². The first-order chi connectivity index (χ1) is 10.0. The fraction of sp³-hybridized carbons (Fsp3) is 0.353. The van der Waals surface area contributed by atoms with Gasteiger partial charge < -0.3 is 5.32 Å². The summed E-state index contributed by atoms with van der Waals surface area (Å²) in [4.78, 5) is 20.7. The lowest BCUT2D eigenvalue weighted by atomic mass is 9.88. The Hall–Kier alpha value is -2.23. The van der Waals surface area contributed by atoms with Crippen molar-refractivity contribution >= 4 is 17.4 Å². The van der Waals surface area contributed by atoms with Gasteiger partial charge in [0.05, 0.1) is 11.3 Å². The maximum absolute atomic E-state index is 11.9. The van der Waals surface area contributed by atoms with Gasteiger partial charge >= 0.3 is 0 Å². The van der Waals surface area contributed by atoms with E-state index in [-0.39, 0.29) is 5.78 Å². The molecule has 0 aliphatic heterocycles. The molecular formula is C17H19N3O. The first-order valence-electron chi connectivity index (χ1n) is 7.26. The first kappa shape index (κ1) is 13.7. The van der Waals surface area contributed by atoms with Crippen LogP contribution in [0.2, 0.25) is 0 Å². The fourth-order valence-corrected chi connectivity index (χ4v) is 2.64. The molecule has 4 nitrogen and oxygen atoms in total. The van der Waals surface area contributed by atoms with Crippen LogP contribution in [0, 0.1) is 19.8 Å². The van der Waals surface area contributed by atoms with Crippen LogP contribution in [0.5, 0.6) is 0 Å². The van der Waals surface area contributed by atoms with Crippen molar-refractivity contribution < 1.29 is 4.79 Å². The monoisotopic (exact) mass is 281 g/mol. The number of aryl methyl sites for hydroxylation is 2. The van der Waals surface area contributed by atoms with Crippen molar-refractivity contribution in [2.45, 2.75) is 33.6 Å². The van der Waals surface area contributed by atoms with E-state index >= 15 is 0 Å². The third kappa shape index (κ3) is 2.79. The highest BCUT2D eigenvalue weighted by Crippen LogP contribution is 2.25. The zero-order valence-electron chi connectivity index (χ0n) is 12.6. The van der Waals surface area contributed by atoms with Crippen molar-refractivity contribution in [2.75, 3.05) is 5.32 Å². The van der Waals surface area contributed by atoms with Gasteiger partial charge in [0.2, 0.25) is 5.95 Å². The number of carbonyl (C=O) groups is 1. The van der Waals surface area contributed by atoms with E-state index in [1.165, 1.54) is 11.1 Å². The average molecular weight is 281 g/mol. The molecule has 3 rings (SSSR count). The molecule has 1 atom stereocenters. The van der Waals surface area contributed by atoms with E-state index in [0.29, 0.717) is 23.9 Å². The largest absolute Gasteiger partial charge is 0.324 e. The number of anilines is 2. The summed E-state index contributed by atoms with van der Waals surface area (Å²) in [5.41, 5.74) is 4.99. The third-order valence-electron chi connectivity index (χ3n) is 4.01. The lowest BCUT2D eigenvalue weighted by Gasteiger charge is -2.19. The number of aromatic nitrogens is 2. The van der Waals surface area contributed by atoms with Crippen LogP contribution in [0.3, 0.4) is 0 Å². The van der Waals surface area contributed by atoms with Gasteiger partial charge in [0.1, 0.15) is 0 Å². The summed E-state index contributed by atoms with van der Waals surface area (Å²) in [7, 11) is 0. The highest BCUT2D eigenvalue weighted by atomic mass is 16.1. The molecule has 21 heavy (non-hydrogen) atoms. The van der Waals surface area contributed by atoms with Gasteiger partial charge in [-0.05, 0) is 49.4 Å². The normalized spacial score (nSPS) is 17.5. The highest BCUT2D eigenvalue weighted by Gasteiger charge is 2.24. The van der Waals surface area contributed by atoms with Gasteiger partial charge in [-0.2, -0.15) is 0 Å². The number of carbonyl (C=O) groups excluding carboxylic acids is 1. The number of nitrogens with zero attached hydrogens (tertiary/aromatic N) is 2. The first-order valence-corrected chi connectivity index (χ1v) is 7.26. The standard InChI is InChI=1S/C17H19N3O/c1-10-6-15-14(16(21)7-10)9-18-17(20-15)19-13-5-4-11(2)12(3)8-13/h4-5,8-10H,6-7H2,1-3H3,(H,18,19,20). The molecule has 0 saturated carbocycles. The van der Waals surface area contributed by atoms with Crippen LogP contribution in [0.25, 0.3) is 0 Å². The number of ketones is 1. The predicted molar refractivity (Wildman–Crippen MR) is 83.0 cm³/mol. The zero-order valence-corrected chi connectivity index (χ0v) is 12.6. The molecule has 108 valence electrons. The molecule has 0 saturated heterocycles. The molecule has 0 spiro atoms. The summed E-state index contributed by atoms with van der Waals surface area (Å²) in [6.45, 7) is 6.25. The van der Waals surface area contributed by atoms with E-state index in [0.717, 1.165) is 17.8 Å². The molecule has 2 aromatic rings. The predicted octanol–water partition coefficient (Wildman–Crippen LogP) is 3.60. The summed E-state index contributed by atoms with van der Waals surface area (Å²) < 4.78 is 0. The Morgan fingerprint density at radius 1 is 1.19 bits per heavy atom. The van der Waals surface area contributed by atoms with Crippen molar-refractivity contribution in [1.29, 1.82) is 0 Å². The van der Waals surface area contributed by atoms with E-state index in [1.807, 2.05) is 6.07 Å². The van der Waals surface area contributed by atoms with Crippen LogP contribution in [-0.4, -0.2) is 15.8 Å². The van der Waals surface area contributed by atoms with Crippen molar-refractivity contribution in [3.8, 4) is 0 Å². The Balaban J connectivity index is 1.88. The van der Waals surface area contributed by atoms with Gasteiger partial charge in [0.25, 0.3) is 0 Å². The fourth-order valence-electron chi connectivity index (χ4n) is 2.64. The van der Waals surface area contributed by atoms with Crippen LogP contribution < -0.4 is 5.32 Å². The summed E-state index contributed by atoms with van der Waals surface area (Å²) in [6.07, 6.45) is 3.09. The number of fused-ring (bicyclic) bond motifs is 1. The highest BCUT2D eigenvalue weighted by molar-refractivity contribution is 5.98. The van der Waals surface area contributed by atoms with E-state index < -0.39 is 0 Å². The number of Topliss-reactive ketones (excluding diaryl/α,β-unsaturated/α-hetero) is 1. The minimum absolute atomic E-state index is 0.154. The van der Waals surface area contributed by atoms with E-state index in [2.05, 4.69) is 48.2 Å². The number of rotatable bonds is 2. The minimum atomic E-state index is 0.154. The zero-order chi connectivity index (χ0) is 15.0. The maximum atomic E-state index is 11.9. The summed E-state index contributed by atoms with van der Waals surface area (Å²) >= 11 is 0. The Bertz CT molecular complexity index is 709. The quantitative estimate of drug-likeness (QED) is 0.913. The SMILES string of the molecule is Cc1ccc(Nc2ncc3c(n2)CC(C)CC3=O)cc1C. The van der Waals surface area contributed by atoms with Crippen molar-refractivity contribution in [2.24, 2.45) is 5.92 Å². The van der Waals surface area contributed by atoms with E-state index in [4.69, 9.17) is 0 Å². The molecule has 1 aromatic heterocycles. The summed E-state index contributed by atoms with van der Waals surface area (Å²) in [5.74, 6) is 1.06. The molecule has 0 fully saturated rings. The van der Waals surface area contributed by atoms with Crippen LogP contribution in [-0.2, 0) is 6.42 Å². The maximum Gasteiger partial charge on any atom is 0.227 e. The molecule has 1 aliphatic carbocycles. The van der Waals surface area contributed by atoms with Crippen molar-refractivity contribution in [1.82, 2.24) is 9.97 Å². The minimum Gasteiger partial charge on any atom is -0.324 e. The molecule has 1 N–H and O–H groups in total. The van der Waals surface area contributed by atoms with Crippen LogP contribution >= 0.6 is 0 Å². The second-order valence-corrected chi connectivity index (χ2v) is 5.91. The molecule has 0 bridgehead atoms. The topological polar surface area (TPSA) is 54.9 Å². The lowest BCUT2D eigenvalue weighted by Crippen LogP contribution is -2.20. The molecular weight excluding hydrogens is 262 g/mol. The Kier molecular flexibility index (Phi) is 3.45. The Labute approximate surface area is 124 Å². The summed E-state index contributed by atoms with van der Waals surface area (Å²) in [5, 5.41) is 3.22. The second kappa shape index (κ2) is 5.28. The van der Waals surface area contributed by atoms with Crippen LogP contribution in [0.15, 0.2) is 24.4 Å². The van der Waals surface area contributed by atoms with Crippen molar-refractivity contribution in [3.63, 3.8) is 0 Å². The number of nitrogens with one attached hydrogen (secondary N) is 1. The van der Waals surface area contributed by atoms with Crippen LogP contribution in [0.1, 0.15) is 40.5 Å². The van der Waals surface area contributed by atoms with Gasteiger partial charge in [-0.15, -0.1) is 0 Å². The van der Waals surface area contributed by atoms with Gasteiger partial charge in [-0.25, -0.2) is 9.97 Å². The number of hydrogen-bond donors (Lipinski definition) is 1. The molecule has 1 aromatic carbocycles. The Morgan fingerprint density at radius 3 is 2.76 bits per heavy atom. The molecule has 4 heteroatoms. The number of benzene rings is 1. The van der Waals surface area contributed by atoms with Gasteiger partial charge in [-0.3, -0.25) is 4.79 Å². The second-order valence-electron chi connectivity index (χ2n) is 5.91. The smallest absolute Gasteiger partial charge is 0.227 e. The molecule has 1 heterocycles. The summed E-state index contributed by atoms with van der Waals surface area (Å²) in [6, 6.07) is 6.16. The van der Waals surface area contributed by atoms with Gasteiger partial charge in [-0.1, -0.05) is 13.0 Å². The third-order valence-corrected chi connectivity index (χ3v) is 4.01. The molecule has 1 aliphatic rings. The van der Waals surface area contributed by atoms with Crippen LogP contribution in [0.4, 0.5) is 11.6 Å². The van der Waals surface area contributed by atoms with Crippen molar-refractivity contribution in [3.05, 3.63) is 46.8 Å². The molecule has 0 amide bonds. The molecule has 0 radical (unpaired) electrons. The van der Waals surface area contributed by atoms with Gasteiger partial charge in [0, 0.05) is 18.3 Å². The molecule has 1 unspecified atom stereocenters.